The number of rotatable bonds is 7. The summed E-state index contributed by atoms with van der Waals surface area (Å²) in [6.07, 6.45) is 0.108. The number of ether oxygens (including phenoxy) is 2. The van der Waals surface area contributed by atoms with Gasteiger partial charge in [-0.3, -0.25) is 9.59 Å². The number of hydrogen-bond acceptors (Lipinski definition) is 4. The Morgan fingerprint density at radius 1 is 1.30 bits per heavy atom. The van der Waals surface area contributed by atoms with Crippen LogP contribution in [-0.2, 0) is 20.9 Å². The van der Waals surface area contributed by atoms with Crippen LogP contribution in [0.5, 0.6) is 5.75 Å². The molecule has 0 saturated heterocycles. The minimum Gasteiger partial charge on any atom is -0.484 e. The van der Waals surface area contributed by atoms with Crippen molar-refractivity contribution in [3.8, 4) is 5.75 Å². The molecule has 0 atom stereocenters. The van der Waals surface area contributed by atoms with Crippen molar-refractivity contribution in [2.24, 2.45) is 0 Å². The van der Waals surface area contributed by atoms with E-state index in [-0.39, 0.29) is 38.1 Å². The van der Waals surface area contributed by atoms with Gasteiger partial charge in [-0.1, -0.05) is 12.1 Å². The fourth-order valence-corrected chi connectivity index (χ4v) is 1.29. The molecular weight excluding hydrogens is 260 g/mol. The third kappa shape index (κ3) is 5.87. The maximum absolute atomic E-state index is 11.2. The number of carbonyl (C=O) groups is 2. The van der Waals surface area contributed by atoms with Crippen molar-refractivity contribution in [3.63, 3.8) is 0 Å². The van der Waals surface area contributed by atoms with Crippen LogP contribution >= 0.6 is 0 Å². The molecule has 106 valence electrons. The van der Waals surface area contributed by atoms with Crippen LogP contribution in [0.2, 0.25) is 0 Å². The van der Waals surface area contributed by atoms with Gasteiger partial charge >= 0.3 is 5.97 Å². The first-order valence-corrected chi connectivity index (χ1v) is 6.07. The van der Waals surface area contributed by atoms with Gasteiger partial charge < -0.3 is 19.6 Å². The summed E-state index contributed by atoms with van der Waals surface area (Å²) in [5.41, 5.74) is 0.813. The molecule has 0 saturated carbocycles. The summed E-state index contributed by atoms with van der Waals surface area (Å²) in [5.74, 6) is -0.0274. The summed E-state index contributed by atoms with van der Waals surface area (Å²) < 4.78 is 10.2. The monoisotopic (exact) mass is 276 g/mol. The van der Waals surface area contributed by atoms with Crippen molar-refractivity contribution < 1.29 is 19.1 Å². The molecule has 6 heteroatoms. The Hall–Kier alpha value is -2.55. The van der Waals surface area contributed by atoms with Crippen molar-refractivity contribution in [2.45, 2.75) is 13.0 Å². The molecule has 0 aliphatic heterocycles. The number of likely N-dealkylation sites (N-methyl/N-ethyl adjacent to an activating group) is 1. The summed E-state index contributed by atoms with van der Waals surface area (Å²) in [5, 5.41) is 2.45. The molecule has 1 amide bonds. The van der Waals surface area contributed by atoms with E-state index in [0.717, 1.165) is 5.56 Å². The second-order valence-corrected chi connectivity index (χ2v) is 3.90. The molecule has 1 N–H and O–H groups in total. The van der Waals surface area contributed by atoms with E-state index >= 15 is 0 Å². The smallest absolute Gasteiger partial charge is 0.313 e. The summed E-state index contributed by atoms with van der Waals surface area (Å²) in [6, 6.07) is 6.90. The number of nitrogens with zero attached hydrogens (tertiary/aromatic N) is 1. The zero-order valence-corrected chi connectivity index (χ0v) is 11.2. The summed E-state index contributed by atoms with van der Waals surface area (Å²) >= 11 is 0. The number of amides is 1. The maximum atomic E-state index is 11.2. The van der Waals surface area contributed by atoms with Gasteiger partial charge in [-0.2, -0.15) is 0 Å². The van der Waals surface area contributed by atoms with Gasteiger partial charge in [0.05, 0.1) is 0 Å². The second-order valence-electron chi connectivity index (χ2n) is 3.90. The molecule has 0 spiro atoms. The van der Waals surface area contributed by atoms with Crippen LogP contribution in [0.25, 0.3) is 4.85 Å². The van der Waals surface area contributed by atoms with Crippen LogP contribution in [0, 0.1) is 6.57 Å². The largest absolute Gasteiger partial charge is 0.484 e. The van der Waals surface area contributed by atoms with Crippen LogP contribution in [0.4, 0.5) is 0 Å². The predicted octanol–water partition coefficient (Wildman–Crippen LogP) is 1.16. The van der Waals surface area contributed by atoms with E-state index in [0.29, 0.717) is 5.75 Å². The zero-order valence-electron chi connectivity index (χ0n) is 11.2. The number of carbonyl (C=O) groups excluding carboxylic acids is 2. The molecule has 20 heavy (non-hydrogen) atoms. The molecule has 0 bridgehead atoms. The number of nitrogens with one attached hydrogen (secondary N) is 1. The van der Waals surface area contributed by atoms with Gasteiger partial charge in [-0.25, -0.2) is 6.57 Å². The van der Waals surface area contributed by atoms with Crippen LogP contribution < -0.4 is 10.1 Å². The lowest BCUT2D eigenvalue weighted by molar-refractivity contribution is -0.144. The van der Waals surface area contributed by atoms with E-state index < -0.39 is 0 Å². The Bertz CT molecular complexity index is 491. The van der Waals surface area contributed by atoms with E-state index in [2.05, 4.69) is 10.2 Å². The van der Waals surface area contributed by atoms with Crippen molar-refractivity contribution in [1.82, 2.24) is 5.32 Å². The Morgan fingerprint density at radius 2 is 2.00 bits per heavy atom. The second kappa shape index (κ2) is 8.53. The fourth-order valence-electron chi connectivity index (χ4n) is 1.29. The lowest BCUT2D eigenvalue weighted by Gasteiger charge is -2.07. The third-order valence-corrected chi connectivity index (χ3v) is 2.40. The Balaban J connectivity index is 2.37. The van der Waals surface area contributed by atoms with Gasteiger partial charge in [0.15, 0.2) is 6.61 Å². The van der Waals surface area contributed by atoms with Crippen LogP contribution in [0.3, 0.4) is 0 Å². The van der Waals surface area contributed by atoms with Crippen LogP contribution in [0.15, 0.2) is 24.3 Å². The van der Waals surface area contributed by atoms with Gasteiger partial charge in [0.25, 0.3) is 5.91 Å². The molecule has 6 nitrogen and oxygen atoms in total. The Kier molecular flexibility index (Phi) is 6.62. The molecule has 1 aromatic carbocycles. The Morgan fingerprint density at radius 3 is 2.60 bits per heavy atom. The van der Waals surface area contributed by atoms with Gasteiger partial charge in [-0.15, -0.1) is 0 Å². The first kappa shape index (κ1) is 15.5. The molecule has 1 aromatic rings. The lowest BCUT2D eigenvalue weighted by Crippen LogP contribution is -2.24. The van der Waals surface area contributed by atoms with Gasteiger partial charge in [0.1, 0.15) is 18.8 Å². The van der Waals surface area contributed by atoms with E-state index in [1.807, 2.05) is 0 Å². The molecule has 1 rings (SSSR count). The summed E-state index contributed by atoms with van der Waals surface area (Å²) in [7, 11) is 1.54. The van der Waals surface area contributed by atoms with Gasteiger partial charge in [0.2, 0.25) is 6.54 Å². The SMILES string of the molecule is [C-]#[N+]CCC(=O)OCc1ccc(OCC(=O)NC)cc1. The van der Waals surface area contributed by atoms with E-state index in [4.69, 9.17) is 16.0 Å². The lowest BCUT2D eigenvalue weighted by atomic mass is 10.2. The summed E-state index contributed by atoms with van der Waals surface area (Å²) in [4.78, 5) is 25.3. The standard InChI is InChI=1S/C14H16N2O4/c1-15-8-7-14(18)20-9-11-3-5-12(6-4-11)19-10-13(17)16-2/h3-6H,7-10H2,2H3,(H,16,17). The normalized spacial score (nSPS) is 9.40. The average molecular weight is 276 g/mol. The van der Waals surface area contributed by atoms with E-state index in [1.165, 1.54) is 7.05 Å². The van der Waals surface area contributed by atoms with Crippen molar-refractivity contribution in [2.75, 3.05) is 20.2 Å². The Labute approximate surface area is 117 Å². The third-order valence-electron chi connectivity index (χ3n) is 2.40. The van der Waals surface area contributed by atoms with E-state index in [9.17, 15) is 9.59 Å². The topological polar surface area (TPSA) is 69.0 Å². The maximum Gasteiger partial charge on any atom is 0.313 e. The molecule has 0 fully saturated rings. The first-order valence-electron chi connectivity index (χ1n) is 6.07. The molecule has 0 heterocycles. The minimum absolute atomic E-state index is 0.0402. The zero-order chi connectivity index (χ0) is 14.8. The molecule has 0 unspecified atom stereocenters. The molecule has 0 aromatic heterocycles. The molecule has 0 aliphatic carbocycles. The van der Waals surface area contributed by atoms with Crippen LogP contribution in [0.1, 0.15) is 12.0 Å². The van der Waals surface area contributed by atoms with Crippen molar-refractivity contribution in [3.05, 3.63) is 41.2 Å². The van der Waals surface area contributed by atoms with Crippen molar-refractivity contribution >= 4 is 11.9 Å². The van der Waals surface area contributed by atoms with Gasteiger partial charge in [0, 0.05) is 7.05 Å². The number of benzene rings is 1. The minimum atomic E-state index is -0.388. The predicted molar refractivity (Wildman–Crippen MR) is 71.9 cm³/mol. The quantitative estimate of drug-likeness (QED) is 0.599. The molecule has 0 radical (unpaired) electrons. The number of hydrogen-bond donors (Lipinski definition) is 1. The highest BCUT2D eigenvalue weighted by Crippen LogP contribution is 2.13. The van der Waals surface area contributed by atoms with Gasteiger partial charge in [-0.05, 0) is 17.7 Å². The highest BCUT2D eigenvalue weighted by atomic mass is 16.5. The first-order chi connectivity index (χ1) is 9.65. The highest BCUT2D eigenvalue weighted by molar-refractivity contribution is 5.77. The van der Waals surface area contributed by atoms with Crippen molar-refractivity contribution in [1.29, 1.82) is 0 Å². The highest BCUT2D eigenvalue weighted by Gasteiger charge is 2.05. The summed E-state index contributed by atoms with van der Waals surface area (Å²) in [6.45, 7) is 6.84. The molecular formula is C14H16N2O4. The van der Waals surface area contributed by atoms with Crippen LogP contribution in [-0.4, -0.2) is 32.1 Å². The number of esters is 1. The van der Waals surface area contributed by atoms with E-state index in [1.54, 1.807) is 24.3 Å². The average Bonchev–Trinajstić information content (AvgIpc) is 2.49. The molecule has 0 aliphatic rings. The fraction of sp³-hybridized carbons (Fsp3) is 0.357.